The zero-order chi connectivity index (χ0) is 9.54. The molecule has 0 amide bonds. The van der Waals surface area contributed by atoms with Crippen LogP contribution in [0.5, 0.6) is 0 Å². The highest BCUT2D eigenvalue weighted by Gasteiger charge is 2.12. The molecule has 3 rings (SSSR count). The molecule has 0 fully saturated rings. The lowest BCUT2D eigenvalue weighted by Gasteiger charge is -2.03. The molecule has 0 radical (unpaired) electrons. The van der Waals surface area contributed by atoms with Gasteiger partial charge in [-0.15, -0.1) is 0 Å². The van der Waals surface area contributed by atoms with Crippen LogP contribution in [-0.2, 0) is 7.05 Å². The summed E-state index contributed by atoms with van der Waals surface area (Å²) in [5, 5.41) is 1.12. The quantitative estimate of drug-likeness (QED) is 0.534. The Morgan fingerprint density at radius 2 is 2.14 bits per heavy atom. The van der Waals surface area contributed by atoms with Gasteiger partial charge in [0.05, 0.1) is 0 Å². The second kappa shape index (κ2) is 2.54. The molecule has 68 valence electrons. The van der Waals surface area contributed by atoms with Gasteiger partial charge in [-0.25, -0.2) is 9.97 Å². The van der Waals surface area contributed by atoms with Crippen LogP contribution in [0.3, 0.4) is 0 Å². The Labute approximate surface area is 81.4 Å². The van der Waals surface area contributed by atoms with E-state index in [1.165, 1.54) is 0 Å². The van der Waals surface area contributed by atoms with Gasteiger partial charge in [0.1, 0.15) is 5.82 Å². The molecule has 14 heavy (non-hydrogen) atoms. The van der Waals surface area contributed by atoms with Gasteiger partial charge in [0.15, 0.2) is 5.65 Å². The van der Waals surface area contributed by atoms with E-state index in [2.05, 4.69) is 22.1 Å². The van der Waals surface area contributed by atoms with Crippen molar-refractivity contribution in [2.75, 3.05) is 0 Å². The molecule has 1 aromatic rings. The number of hydrogen-bond donors (Lipinski definition) is 0. The summed E-state index contributed by atoms with van der Waals surface area (Å²) < 4.78 is 2.01. The van der Waals surface area contributed by atoms with Crippen molar-refractivity contribution in [1.82, 2.24) is 14.5 Å². The van der Waals surface area contributed by atoms with Crippen LogP contribution in [0.1, 0.15) is 0 Å². The van der Waals surface area contributed by atoms with Gasteiger partial charge in [-0.2, -0.15) is 0 Å². The molecular weight excluding hydrogens is 174 g/mol. The first-order valence-electron chi connectivity index (χ1n) is 4.52. The number of nitrogens with zero attached hydrogens (tertiary/aromatic N) is 3. The van der Waals surface area contributed by atoms with Crippen molar-refractivity contribution >= 4 is 11.0 Å². The Hall–Kier alpha value is -1.90. The molecule has 3 heteroatoms. The van der Waals surface area contributed by atoms with E-state index >= 15 is 0 Å². The Morgan fingerprint density at radius 3 is 3.07 bits per heavy atom. The zero-order valence-corrected chi connectivity index (χ0v) is 7.81. The van der Waals surface area contributed by atoms with Crippen LogP contribution >= 0.6 is 0 Å². The molecule has 3 heterocycles. The van der Waals surface area contributed by atoms with Gasteiger partial charge >= 0.3 is 0 Å². The molecule has 0 aliphatic carbocycles. The third kappa shape index (κ3) is 0.865. The highest BCUT2D eigenvalue weighted by atomic mass is 15.0. The molecule has 0 atom stereocenters. The van der Waals surface area contributed by atoms with Crippen molar-refractivity contribution in [3.63, 3.8) is 0 Å². The van der Waals surface area contributed by atoms with Gasteiger partial charge in [0, 0.05) is 30.4 Å². The second-order valence-electron chi connectivity index (χ2n) is 3.34. The molecule has 0 N–H and O–H groups in total. The Balaban J connectivity index is 2.55. The number of pyridine rings is 2. The van der Waals surface area contributed by atoms with Crippen molar-refractivity contribution in [2.45, 2.75) is 0 Å². The van der Waals surface area contributed by atoms with Gasteiger partial charge < -0.3 is 4.57 Å². The van der Waals surface area contributed by atoms with Gasteiger partial charge in [0.25, 0.3) is 0 Å². The maximum atomic E-state index is 4.47. The minimum absolute atomic E-state index is 0.823. The van der Waals surface area contributed by atoms with Crippen molar-refractivity contribution in [3.05, 3.63) is 36.7 Å². The van der Waals surface area contributed by atoms with E-state index in [0.29, 0.717) is 0 Å². The summed E-state index contributed by atoms with van der Waals surface area (Å²) in [7, 11) is 1.99. The Kier molecular flexibility index (Phi) is 1.36. The molecule has 0 saturated heterocycles. The van der Waals surface area contributed by atoms with Crippen LogP contribution in [0.2, 0.25) is 0 Å². The van der Waals surface area contributed by atoms with E-state index < -0.39 is 0 Å². The van der Waals surface area contributed by atoms with Crippen LogP contribution in [0, 0.1) is 0 Å². The van der Waals surface area contributed by atoms with E-state index in [-0.39, 0.29) is 0 Å². The molecule has 2 aliphatic heterocycles. The van der Waals surface area contributed by atoms with Crippen molar-refractivity contribution in [2.24, 2.45) is 7.05 Å². The van der Waals surface area contributed by atoms with Gasteiger partial charge in [0.2, 0.25) is 0 Å². The van der Waals surface area contributed by atoms with E-state index in [0.717, 1.165) is 22.4 Å². The minimum atomic E-state index is 0.823. The van der Waals surface area contributed by atoms with Gasteiger partial charge in [-0.3, -0.25) is 0 Å². The first-order chi connectivity index (χ1) is 6.86. The largest absolute Gasteiger partial charge is 0.336 e. The van der Waals surface area contributed by atoms with E-state index in [4.69, 9.17) is 0 Å². The summed E-state index contributed by atoms with van der Waals surface area (Å²) in [6, 6.07) is 8.09. The number of rotatable bonds is 0. The fourth-order valence-corrected chi connectivity index (χ4v) is 1.75. The third-order valence-electron chi connectivity index (χ3n) is 2.44. The number of fused-ring (bicyclic) bond motifs is 3. The summed E-state index contributed by atoms with van der Waals surface area (Å²) in [6.45, 7) is 0. The molecule has 1 aromatic heterocycles. The molecule has 0 unspecified atom stereocenters. The van der Waals surface area contributed by atoms with E-state index in [1.807, 2.05) is 29.9 Å². The smallest absolute Gasteiger partial charge is 0.162 e. The highest BCUT2D eigenvalue weighted by molar-refractivity contribution is 5.93. The monoisotopic (exact) mass is 183 g/mol. The number of hydrogen-bond acceptors (Lipinski definition) is 2. The molecule has 0 aromatic carbocycles. The third-order valence-corrected chi connectivity index (χ3v) is 2.44. The average Bonchev–Trinajstić information content (AvgIpc) is 2.59. The molecular formula is C11H9N3. The lowest BCUT2D eigenvalue weighted by atomic mass is 10.2. The average molecular weight is 183 g/mol. The maximum Gasteiger partial charge on any atom is 0.162 e. The van der Waals surface area contributed by atoms with Crippen LogP contribution in [0.4, 0.5) is 0 Å². The lowest BCUT2D eigenvalue weighted by Crippen LogP contribution is -1.94. The lowest BCUT2D eigenvalue weighted by molar-refractivity contribution is 0.892. The van der Waals surface area contributed by atoms with Crippen molar-refractivity contribution in [3.8, 4) is 11.4 Å². The fraction of sp³-hybridized carbons (Fsp3) is 0.0909. The van der Waals surface area contributed by atoms with Crippen molar-refractivity contribution < 1.29 is 0 Å². The highest BCUT2D eigenvalue weighted by Crippen LogP contribution is 2.28. The van der Waals surface area contributed by atoms with Crippen LogP contribution < -0.4 is 0 Å². The number of aromatic nitrogens is 3. The van der Waals surface area contributed by atoms with Gasteiger partial charge in [-0.05, 0) is 24.3 Å². The molecule has 0 bridgehead atoms. The summed E-state index contributed by atoms with van der Waals surface area (Å²) in [5.41, 5.74) is 1.99. The second-order valence-corrected chi connectivity index (χ2v) is 3.34. The van der Waals surface area contributed by atoms with Crippen molar-refractivity contribution in [1.29, 1.82) is 0 Å². The van der Waals surface area contributed by atoms with Gasteiger partial charge in [-0.1, -0.05) is 0 Å². The summed E-state index contributed by atoms with van der Waals surface area (Å²) in [6.07, 6.45) is 3.77. The Morgan fingerprint density at radius 1 is 1.21 bits per heavy atom. The maximum absolute atomic E-state index is 4.47. The molecule has 0 spiro atoms. The predicted octanol–water partition coefficient (Wildman–Crippen LogP) is 2.07. The summed E-state index contributed by atoms with van der Waals surface area (Å²) in [5.74, 6) is 0.987. The first-order valence-corrected chi connectivity index (χ1v) is 4.52. The Bertz CT molecular complexity index is 568. The van der Waals surface area contributed by atoms with E-state index in [9.17, 15) is 0 Å². The fourth-order valence-electron chi connectivity index (χ4n) is 1.75. The topological polar surface area (TPSA) is 30.7 Å². The van der Waals surface area contributed by atoms with Crippen LogP contribution in [0.25, 0.3) is 22.4 Å². The normalized spacial score (nSPS) is 11.2. The molecule has 0 saturated carbocycles. The SMILES string of the molecule is Cn1cccc2c3cccnc3nc1-2. The van der Waals surface area contributed by atoms with E-state index in [1.54, 1.807) is 6.20 Å². The molecule has 3 nitrogen and oxygen atoms in total. The predicted molar refractivity (Wildman–Crippen MR) is 55.1 cm³/mol. The summed E-state index contributed by atoms with van der Waals surface area (Å²) in [4.78, 5) is 8.70. The van der Waals surface area contributed by atoms with Crippen LogP contribution in [-0.4, -0.2) is 14.5 Å². The van der Waals surface area contributed by atoms with Crippen LogP contribution in [0.15, 0.2) is 36.7 Å². The zero-order valence-electron chi connectivity index (χ0n) is 7.81. The first kappa shape index (κ1) is 7.50. The number of aryl methyl sites for hydroxylation is 1. The molecule has 2 aliphatic rings. The standard InChI is InChI=1S/C11H9N3/c1-14-7-3-5-9-8-4-2-6-12-10(8)13-11(9)14/h2-7H,1H3. The summed E-state index contributed by atoms with van der Waals surface area (Å²) >= 11 is 0. The minimum Gasteiger partial charge on any atom is -0.336 e.